The van der Waals surface area contributed by atoms with Crippen molar-refractivity contribution in [3.63, 3.8) is 0 Å². The van der Waals surface area contributed by atoms with Crippen LogP contribution in [0.5, 0.6) is 0 Å². The van der Waals surface area contributed by atoms with E-state index in [1.54, 1.807) is 44.5 Å². The molecule has 1 aromatic carbocycles. The van der Waals surface area contributed by atoms with Crippen molar-refractivity contribution in [1.82, 2.24) is 20.0 Å². The third-order valence-corrected chi connectivity index (χ3v) is 8.14. The van der Waals surface area contributed by atoms with Crippen LogP contribution in [0.2, 0.25) is 0 Å². The number of nitrogens with zero attached hydrogens (tertiary/aromatic N) is 4. The van der Waals surface area contributed by atoms with E-state index in [2.05, 4.69) is 26.3 Å². The Hall–Kier alpha value is -2.83. The van der Waals surface area contributed by atoms with Gasteiger partial charge in [0.05, 0.1) is 11.5 Å². The Morgan fingerprint density at radius 2 is 1.86 bits per heavy atom. The maximum Gasteiger partial charge on any atom is 0.339 e. The van der Waals surface area contributed by atoms with Crippen LogP contribution in [0.15, 0.2) is 22.8 Å². The first-order chi connectivity index (χ1) is 16.6. The Labute approximate surface area is 217 Å². The number of carbonyl (C=O) groups is 2. The zero-order chi connectivity index (χ0) is 27.2. The molecule has 1 aliphatic rings. The molecule has 0 amide bonds. The summed E-state index contributed by atoms with van der Waals surface area (Å²) in [6, 6.07) is 4.82. The minimum Gasteiger partial charge on any atom is -0.480 e. The summed E-state index contributed by atoms with van der Waals surface area (Å²) in [5.41, 5.74) is -1.40. The summed E-state index contributed by atoms with van der Waals surface area (Å²) in [7, 11) is 0. The predicted molar refractivity (Wildman–Crippen MR) is 136 cm³/mol. The molecule has 1 fully saturated rings. The molecular weight excluding hydrogens is 534 g/mol. The maximum atomic E-state index is 12.5. The molecule has 1 aliphatic heterocycles. The number of hydrogen-bond acceptors (Lipinski definition) is 7. The lowest BCUT2D eigenvalue weighted by molar-refractivity contribution is -0.385. The number of halogens is 1. The number of benzene rings is 1. The number of carboxylic acids is 2. The van der Waals surface area contributed by atoms with E-state index in [1.165, 1.54) is 11.0 Å². The molecule has 2 atom stereocenters. The molecule has 2 aromatic rings. The maximum absolute atomic E-state index is 12.5. The van der Waals surface area contributed by atoms with E-state index < -0.39 is 33.5 Å². The first kappa shape index (κ1) is 27.8. The summed E-state index contributed by atoms with van der Waals surface area (Å²) in [4.78, 5) is 37.9. The van der Waals surface area contributed by atoms with Gasteiger partial charge in [0.15, 0.2) is 5.66 Å². The predicted octanol–water partition coefficient (Wildman–Crippen LogP) is 3.68. The van der Waals surface area contributed by atoms with Crippen LogP contribution >= 0.6 is 15.9 Å². The Kier molecular flexibility index (Phi) is 7.37. The van der Waals surface area contributed by atoms with Crippen LogP contribution in [0.25, 0.3) is 0 Å². The van der Waals surface area contributed by atoms with E-state index in [9.17, 15) is 29.9 Å². The highest BCUT2D eigenvalue weighted by atomic mass is 79.9. The molecule has 0 saturated carbocycles. The number of carboxylic acid groups (broad SMARTS) is 2. The summed E-state index contributed by atoms with van der Waals surface area (Å²) >= 11 is 3.40. The quantitative estimate of drug-likeness (QED) is 0.321. The van der Waals surface area contributed by atoms with Crippen molar-refractivity contribution in [1.29, 1.82) is 0 Å². The van der Waals surface area contributed by atoms with Gasteiger partial charge in [-0.3, -0.25) is 29.8 Å². The van der Waals surface area contributed by atoms with Gasteiger partial charge in [-0.15, -0.1) is 0 Å². The highest BCUT2D eigenvalue weighted by Gasteiger charge is 2.64. The first-order valence-electron chi connectivity index (χ1n) is 11.6. The highest BCUT2D eigenvalue weighted by molar-refractivity contribution is 9.10. The molecule has 12 heteroatoms. The third-order valence-electron chi connectivity index (χ3n) is 7.39. The minimum atomic E-state index is -1.70. The zero-order valence-electron chi connectivity index (χ0n) is 21.3. The van der Waals surface area contributed by atoms with Gasteiger partial charge in [0.1, 0.15) is 10.1 Å². The molecule has 0 spiro atoms. The minimum absolute atomic E-state index is 0.0616. The number of aromatic nitrogens is 2. The van der Waals surface area contributed by atoms with E-state index >= 15 is 0 Å². The fourth-order valence-electron chi connectivity index (χ4n) is 4.75. The molecular formula is C24H32BrN5O6. The average Bonchev–Trinajstić information content (AvgIpc) is 3.26. The number of nitro benzene ring substituents is 1. The summed E-state index contributed by atoms with van der Waals surface area (Å²) in [5.74, 6) is -2.40. The molecule has 0 radical (unpaired) electrons. The fourth-order valence-corrected chi connectivity index (χ4v) is 5.22. The van der Waals surface area contributed by atoms with Crippen LogP contribution in [0, 0.1) is 29.4 Å². The third kappa shape index (κ3) is 4.53. The van der Waals surface area contributed by atoms with Gasteiger partial charge >= 0.3 is 11.9 Å². The molecule has 3 N–H and O–H groups in total. The van der Waals surface area contributed by atoms with E-state index in [0.717, 1.165) is 11.3 Å². The van der Waals surface area contributed by atoms with Crippen LogP contribution in [0.4, 0.5) is 5.69 Å². The second kappa shape index (κ2) is 9.56. The van der Waals surface area contributed by atoms with Crippen molar-refractivity contribution in [3.8, 4) is 0 Å². The number of nitro groups is 1. The topological polar surface area (TPSA) is 151 Å². The van der Waals surface area contributed by atoms with Crippen molar-refractivity contribution >= 4 is 33.6 Å². The molecule has 0 bridgehead atoms. The molecule has 3 rings (SSSR count). The van der Waals surface area contributed by atoms with Crippen molar-refractivity contribution < 1.29 is 24.7 Å². The summed E-state index contributed by atoms with van der Waals surface area (Å²) in [5, 5.41) is 39.7. The van der Waals surface area contributed by atoms with Crippen molar-refractivity contribution in [2.75, 3.05) is 6.54 Å². The lowest BCUT2D eigenvalue weighted by atomic mass is 9.73. The summed E-state index contributed by atoms with van der Waals surface area (Å²) < 4.78 is 2.46. The van der Waals surface area contributed by atoms with Gasteiger partial charge < -0.3 is 10.2 Å². The van der Waals surface area contributed by atoms with Crippen molar-refractivity contribution in [2.45, 2.75) is 72.3 Å². The lowest BCUT2D eigenvalue weighted by Gasteiger charge is -2.39. The Bertz CT molecular complexity index is 1220. The van der Waals surface area contributed by atoms with Gasteiger partial charge in [-0.25, -0.2) is 4.79 Å². The number of rotatable bonds is 8. The molecule has 0 aliphatic carbocycles. The Morgan fingerprint density at radius 1 is 1.22 bits per heavy atom. The van der Waals surface area contributed by atoms with Crippen LogP contribution in [0.3, 0.4) is 0 Å². The van der Waals surface area contributed by atoms with Gasteiger partial charge in [0, 0.05) is 36.0 Å². The number of hydrogen-bond donors (Lipinski definition) is 3. The average molecular weight is 566 g/mol. The standard InChI is InChI=1S/C24H32BrN5O6/c1-7-24(21(33)34)27-23(20(31)32,22(4,5)6)13-28(24)12-17-9-8-16(10-18(17)30(35)36)11-29-15(3)14(2)19(25)26-29/h8-10,27H,7,11-13H2,1-6H3,(H,31,32)(H,33,34). The zero-order valence-corrected chi connectivity index (χ0v) is 22.8. The summed E-state index contributed by atoms with van der Waals surface area (Å²) in [6.45, 7) is 10.8. The monoisotopic (exact) mass is 565 g/mol. The highest BCUT2D eigenvalue weighted by Crippen LogP contribution is 2.42. The van der Waals surface area contributed by atoms with Crippen molar-refractivity contribution in [3.05, 3.63) is 55.3 Å². The van der Waals surface area contributed by atoms with Crippen LogP contribution in [0.1, 0.15) is 56.5 Å². The SMILES string of the molecule is CCC1(C(=O)O)NC(C(=O)O)(C(C)(C)C)CN1Cc1ccc(Cn2nc(Br)c(C)c2C)cc1[N+](=O)[O-]. The van der Waals surface area contributed by atoms with Crippen molar-refractivity contribution in [2.24, 2.45) is 5.41 Å². The van der Waals surface area contributed by atoms with Gasteiger partial charge in [0.2, 0.25) is 0 Å². The van der Waals surface area contributed by atoms with Crippen LogP contribution in [-0.4, -0.2) is 59.5 Å². The molecule has 1 aromatic heterocycles. The lowest BCUT2D eigenvalue weighted by Crippen LogP contribution is -2.65. The second-order valence-electron chi connectivity index (χ2n) is 10.3. The number of aliphatic carboxylic acids is 2. The smallest absolute Gasteiger partial charge is 0.339 e. The Balaban J connectivity index is 2.03. The van der Waals surface area contributed by atoms with E-state index in [4.69, 9.17) is 0 Å². The molecule has 2 unspecified atom stereocenters. The number of nitrogens with one attached hydrogen (secondary N) is 1. The van der Waals surface area contributed by atoms with E-state index in [0.29, 0.717) is 22.3 Å². The van der Waals surface area contributed by atoms with E-state index in [-0.39, 0.29) is 25.2 Å². The first-order valence-corrected chi connectivity index (χ1v) is 12.4. The van der Waals surface area contributed by atoms with E-state index in [1.807, 2.05) is 13.8 Å². The molecule has 196 valence electrons. The molecule has 2 heterocycles. The largest absolute Gasteiger partial charge is 0.480 e. The van der Waals surface area contributed by atoms with Gasteiger partial charge in [0.25, 0.3) is 5.69 Å². The normalized spacial score (nSPS) is 22.6. The molecule has 36 heavy (non-hydrogen) atoms. The van der Waals surface area contributed by atoms with Gasteiger partial charge in [-0.1, -0.05) is 39.8 Å². The second-order valence-corrected chi connectivity index (χ2v) is 11.1. The molecule has 11 nitrogen and oxygen atoms in total. The molecule has 1 saturated heterocycles. The van der Waals surface area contributed by atoms with Crippen LogP contribution in [-0.2, 0) is 22.7 Å². The summed E-state index contributed by atoms with van der Waals surface area (Å²) in [6.07, 6.45) is 0.0616. The Morgan fingerprint density at radius 3 is 2.31 bits per heavy atom. The van der Waals surface area contributed by atoms with Gasteiger partial charge in [-0.05, 0) is 47.2 Å². The van der Waals surface area contributed by atoms with Crippen LogP contribution < -0.4 is 5.32 Å². The fraction of sp³-hybridized carbons (Fsp3) is 0.542. The van der Waals surface area contributed by atoms with Gasteiger partial charge in [-0.2, -0.15) is 5.10 Å².